The molecule has 0 saturated carbocycles. The summed E-state index contributed by atoms with van der Waals surface area (Å²) in [6, 6.07) is 0.0774. The van der Waals surface area contributed by atoms with Crippen molar-refractivity contribution < 1.29 is 9.59 Å². The van der Waals surface area contributed by atoms with Crippen LogP contribution in [0.25, 0.3) is 0 Å². The number of carbonyl (C=O) groups is 2. The highest BCUT2D eigenvalue weighted by Gasteiger charge is 2.29. The number of nitrogens with one attached hydrogen (secondary N) is 1. The van der Waals surface area contributed by atoms with Crippen LogP contribution in [-0.4, -0.2) is 58.1 Å². The minimum absolute atomic E-state index is 0.00636. The molecule has 1 aromatic rings. The van der Waals surface area contributed by atoms with Gasteiger partial charge in [0.15, 0.2) is 0 Å². The molecule has 140 valence electrons. The van der Waals surface area contributed by atoms with Crippen molar-refractivity contribution in [3.63, 3.8) is 0 Å². The van der Waals surface area contributed by atoms with Gasteiger partial charge in [0, 0.05) is 38.5 Å². The molecule has 1 fully saturated rings. The molecule has 1 saturated heterocycles. The van der Waals surface area contributed by atoms with Gasteiger partial charge < -0.3 is 15.1 Å². The molecule has 0 atom stereocenters. The van der Waals surface area contributed by atoms with Gasteiger partial charge in [0.25, 0.3) is 0 Å². The first kappa shape index (κ1) is 19.6. The molecule has 2 heterocycles. The minimum Gasteiger partial charge on any atom is -0.325 e. The number of hydrogen-bond acceptors (Lipinski definition) is 5. The number of aryl methyl sites for hydroxylation is 1. The Morgan fingerprint density at radius 3 is 2.48 bits per heavy atom. The molecule has 1 N–H and O–H groups in total. The standard InChI is InChI=1S/C17H29N5O2S/c1-4-7-8-14-19-20-16(25-14)18-15(23)13-9-11-22(12-10-13)17(24)21(5-2)6-3/h13H,4-12H2,1-3H3,(H,18,20,23). The number of hydrogen-bond donors (Lipinski definition) is 1. The Morgan fingerprint density at radius 2 is 1.88 bits per heavy atom. The van der Waals surface area contributed by atoms with Crippen molar-refractivity contribution >= 4 is 28.4 Å². The molecule has 8 heteroatoms. The number of piperidine rings is 1. The number of amides is 3. The minimum atomic E-state index is -0.0660. The van der Waals surface area contributed by atoms with E-state index >= 15 is 0 Å². The highest BCUT2D eigenvalue weighted by molar-refractivity contribution is 7.15. The monoisotopic (exact) mass is 367 g/mol. The Kier molecular flexibility index (Phi) is 7.61. The quantitative estimate of drug-likeness (QED) is 0.803. The fourth-order valence-electron chi connectivity index (χ4n) is 2.97. The largest absolute Gasteiger partial charge is 0.325 e. The van der Waals surface area contributed by atoms with E-state index < -0.39 is 0 Å². The van der Waals surface area contributed by atoms with Crippen LogP contribution in [0, 0.1) is 5.92 Å². The molecule has 0 aliphatic carbocycles. The van der Waals surface area contributed by atoms with Gasteiger partial charge in [-0.1, -0.05) is 24.7 Å². The van der Waals surface area contributed by atoms with E-state index in [1.165, 1.54) is 11.3 Å². The van der Waals surface area contributed by atoms with Crippen LogP contribution in [0.4, 0.5) is 9.93 Å². The van der Waals surface area contributed by atoms with Gasteiger partial charge in [0.05, 0.1) is 0 Å². The second-order valence-corrected chi connectivity index (χ2v) is 7.37. The Labute approximate surface area is 153 Å². The summed E-state index contributed by atoms with van der Waals surface area (Å²) < 4.78 is 0. The molecular formula is C17H29N5O2S. The van der Waals surface area contributed by atoms with Gasteiger partial charge in [0.2, 0.25) is 11.0 Å². The van der Waals surface area contributed by atoms with Crippen LogP contribution in [0.1, 0.15) is 51.5 Å². The number of unbranched alkanes of at least 4 members (excludes halogenated alkanes) is 1. The number of nitrogens with zero attached hydrogens (tertiary/aromatic N) is 4. The maximum absolute atomic E-state index is 12.4. The van der Waals surface area contributed by atoms with Gasteiger partial charge in [0.1, 0.15) is 5.01 Å². The molecule has 0 bridgehead atoms. The number of anilines is 1. The summed E-state index contributed by atoms with van der Waals surface area (Å²) in [5.41, 5.74) is 0. The fraction of sp³-hybridized carbons (Fsp3) is 0.765. The number of rotatable bonds is 7. The number of likely N-dealkylation sites (tertiary alicyclic amines) is 1. The highest BCUT2D eigenvalue weighted by Crippen LogP contribution is 2.22. The van der Waals surface area contributed by atoms with E-state index in [2.05, 4.69) is 22.4 Å². The van der Waals surface area contributed by atoms with E-state index in [1.807, 2.05) is 23.6 Å². The highest BCUT2D eigenvalue weighted by atomic mass is 32.1. The summed E-state index contributed by atoms with van der Waals surface area (Å²) in [6.45, 7) is 8.80. The molecule has 0 aromatic carbocycles. The van der Waals surface area contributed by atoms with Gasteiger partial charge >= 0.3 is 6.03 Å². The Hall–Kier alpha value is -1.70. The van der Waals surface area contributed by atoms with Crippen LogP contribution in [0.3, 0.4) is 0 Å². The van der Waals surface area contributed by atoms with E-state index in [0.29, 0.717) is 44.2 Å². The molecule has 0 radical (unpaired) electrons. The van der Waals surface area contributed by atoms with Gasteiger partial charge in [-0.05, 0) is 33.1 Å². The molecule has 25 heavy (non-hydrogen) atoms. The van der Waals surface area contributed by atoms with Crippen molar-refractivity contribution in [2.24, 2.45) is 5.92 Å². The first-order chi connectivity index (χ1) is 12.1. The molecule has 3 amide bonds. The third kappa shape index (κ3) is 5.39. The fourth-order valence-corrected chi connectivity index (χ4v) is 3.75. The predicted molar refractivity (Wildman–Crippen MR) is 99.8 cm³/mol. The maximum Gasteiger partial charge on any atom is 0.319 e. The average molecular weight is 368 g/mol. The summed E-state index contributed by atoms with van der Waals surface area (Å²) in [6.07, 6.45) is 4.50. The van der Waals surface area contributed by atoms with Crippen molar-refractivity contribution in [1.82, 2.24) is 20.0 Å². The topological polar surface area (TPSA) is 78.4 Å². The van der Waals surface area contributed by atoms with Gasteiger partial charge in [-0.3, -0.25) is 4.79 Å². The first-order valence-electron chi connectivity index (χ1n) is 9.26. The summed E-state index contributed by atoms with van der Waals surface area (Å²) in [5.74, 6) is -0.0723. The Bertz CT molecular complexity index is 565. The zero-order chi connectivity index (χ0) is 18.2. The van der Waals surface area contributed by atoms with Crippen molar-refractivity contribution in [1.29, 1.82) is 0 Å². The smallest absolute Gasteiger partial charge is 0.319 e. The van der Waals surface area contributed by atoms with Crippen molar-refractivity contribution in [3.05, 3.63) is 5.01 Å². The predicted octanol–water partition coefficient (Wildman–Crippen LogP) is 2.99. The van der Waals surface area contributed by atoms with Crippen LogP contribution in [0.15, 0.2) is 0 Å². The Balaban J connectivity index is 1.81. The SMILES string of the molecule is CCCCc1nnc(NC(=O)C2CCN(C(=O)N(CC)CC)CC2)s1. The third-order valence-corrected chi connectivity index (χ3v) is 5.51. The van der Waals surface area contributed by atoms with E-state index in [0.717, 1.165) is 24.3 Å². The number of carbonyl (C=O) groups excluding carboxylic acids is 2. The van der Waals surface area contributed by atoms with Gasteiger partial charge in [-0.25, -0.2) is 4.79 Å². The summed E-state index contributed by atoms with van der Waals surface area (Å²) in [5, 5.41) is 12.6. The molecule has 7 nitrogen and oxygen atoms in total. The third-order valence-electron chi connectivity index (χ3n) is 4.61. The van der Waals surface area contributed by atoms with E-state index in [9.17, 15) is 9.59 Å². The maximum atomic E-state index is 12.4. The summed E-state index contributed by atoms with van der Waals surface area (Å²) in [4.78, 5) is 28.4. The summed E-state index contributed by atoms with van der Waals surface area (Å²) >= 11 is 1.46. The van der Waals surface area contributed by atoms with Crippen molar-refractivity contribution in [2.45, 2.75) is 52.9 Å². The van der Waals surface area contributed by atoms with E-state index in [1.54, 1.807) is 0 Å². The van der Waals surface area contributed by atoms with E-state index in [-0.39, 0.29) is 17.9 Å². The Morgan fingerprint density at radius 1 is 1.20 bits per heavy atom. The lowest BCUT2D eigenvalue weighted by Crippen LogP contribution is -2.47. The molecule has 2 rings (SSSR count). The number of aromatic nitrogens is 2. The van der Waals surface area contributed by atoms with Crippen LogP contribution in [0.2, 0.25) is 0 Å². The van der Waals surface area contributed by atoms with Crippen LogP contribution < -0.4 is 5.32 Å². The van der Waals surface area contributed by atoms with Gasteiger partial charge in [-0.2, -0.15) is 0 Å². The van der Waals surface area contributed by atoms with Crippen molar-refractivity contribution in [3.8, 4) is 0 Å². The zero-order valence-corrected chi connectivity index (χ0v) is 16.3. The second-order valence-electron chi connectivity index (χ2n) is 6.31. The lowest BCUT2D eigenvalue weighted by molar-refractivity contribution is -0.121. The normalized spacial score (nSPS) is 15.2. The summed E-state index contributed by atoms with van der Waals surface area (Å²) in [7, 11) is 0. The molecule has 0 unspecified atom stereocenters. The average Bonchev–Trinajstić information content (AvgIpc) is 3.08. The molecular weight excluding hydrogens is 338 g/mol. The zero-order valence-electron chi connectivity index (χ0n) is 15.5. The lowest BCUT2D eigenvalue weighted by atomic mass is 9.96. The molecule has 1 aromatic heterocycles. The van der Waals surface area contributed by atoms with Crippen LogP contribution >= 0.6 is 11.3 Å². The molecule has 1 aliphatic rings. The van der Waals surface area contributed by atoms with Gasteiger partial charge in [-0.15, -0.1) is 10.2 Å². The lowest BCUT2D eigenvalue weighted by Gasteiger charge is -2.34. The number of urea groups is 1. The second kappa shape index (κ2) is 9.70. The van der Waals surface area contributed by atoms with E-state index in [4.69, 9.17) is 0 Å². The van der Waals surface area contributed by atoms with Crippen LogP contribution in [-0.2, 0) is 11.2 Å². The molecule has 1 aliphatic heterocycles. The first-order valence-corrected chi connectivity index (χ1v) is 10.1. The molecule has 0 spiro atoms. The van der Waals surface area contributed by atoms with Crippen molar-refractivity contribution in [2.75, 3.05) is 31.5 Å². The van der Waals surface area contributed by atoms with Crippen LogP contribution in [0.5, 0.6) is 0 Å².